The molecule has 14 nitrogen and oxygen atoms in total. The maximum absolute atomic E-state index is 9.71. The molecule has 0 N–H and O–H groups in total. The summed E-state index contributed by atoms with van der Waals surface area (Å²) in [4.78, 5) is 24.7. The predicted molar refractivity (Wildman–Crippen MR) is 604 cm³/mol. The van der Waals surface area contributed by atoms with Gasteiger partial charge in [0.05, 0.1) is 152 Å². The molecular weight excluding hydrogens is 1780 g/mol. The Morgan fingerprint density at radius 1 is 0.205 bits per heavy atom. The number of hydrogen-bond acceptors (Lipinski definition) is 6. The molecule has 672 valence electrons. The van der Waals surface area contributed by atoms with E-state index >= 15 is 0 Å². The highest BCUT2D eigenvalue weighted by atomic mass is 15.2. The summed E-state index contributed by atoms with van der Waals surface area (Å²) in [6.07, 6.45) is 9.68. The molecule has 0 amide bonds. The SMILES string of the molecule is N#Cc1cccc(-c2nc(-n3c4ccccc4c4c5c6c7ccccc7ccc6n6c7ccccc7c(cc43)c56)nc3ccccc23)c1.c1cc(-n2c3ccccc3c3ccncc32)cc(-n2c3ccccc3c3c4c5c6ccccc6ccc5n5c6ccccc6c(cc32)c45)c1.c1ccc2c(c1)ccc1c2c2c3c4ccccc4n(-c4ccc(-n5c6ccccc6c6ccncc65)cn4)c3cc3c4ccccc4n1c32. The lowest BCUT2D eigenvalue weighted by Crippen LogP contribution is -2.03. The number of nitrogens with zero attached hydrogens (tertiary/aromatic N) is 14. The van der Waals surface area contributed by atoms with Gasteiger partial charge in [0.2, 0.25) is 5.95 Å². The number of benzene rings is 20. The van der Waals surface area contributed by atoms with Gasteiger partial charge in [-0.25, -0.2) is 15.0 Å². The molecule has 146 heavy (non-hydrogen) atoms. The van der Waals surface area contributed by atoms with Gasteiger partial charge in [0.15, 0.2) is 0 Å². The van der Waals surface area contributed by atoms with E-state index in [0.29, 0.717) is 11.5 Å². The van der Waals surface area contributed by atoms with Gasteiger partial charge in [0.1, 0.15) is 5.82 Å². The van der Waals surface area contributed by atoms with Crippen LogP contribution in [0.15, 0.2) is 450 Å². The van der Waals surface area contributed by atoms with Crippen molar-refractivity contribution in [2.75, 3.05) is 0 Å². The molecule has 20 aromatic carbocycles. The average molecular weight is 1860 g/mol. The van der Waals surface area contributed by atoms with Crippen LogP contribution in [0.1, 0.15) is 5.56 Å². The summed E-state index contributed by atoms with van der Waals surface area (Å²) in [5.74, 6) is 1.49. The van der Waals surface area contributed by atoms with Gasteiger partial charge in [-0.1, -0.05) is 273 Å². The molecule has 0 unspecified atom stereocenters. The normalized spacial score (nSPS) is 12.4. The van der Waals surface area contributed by atoms with Gasteiger partial charge in [0.25, 0.3) is 0 Å². The van der Waals surface area contributed by atoms with Crippen molar-refractivity contribution in [3.8, 4) is 46.2 Å². The number of aromatic nitrogens is 13. The molecule has 0 aliphatic heterocycles. The lowest BCUT2D eigenvalue weighted by Gasteiger charge is -2.13. The first kappa shape index (κ1) is 78.7. The van der Waals surface area contributed by atoms with Crippen molar-refractivity contribution in [1.82, 2.24) is 61.0 Å². The van der Waals surface area contributed by atoms with E-state index < -0.39 is 0 Å². The molecule has 0 spiro atoms. The molecule has 35 aromatic rings. The fourth-order valence-electron chi connectivity index (χ4n) is 25.8. The standard InChI is InChI=1S/C45H26N4.C44H25N5.C43H23N5/c1-2-13-30-27(10-1)20-21-39-42(30)44-43-34-16-5-8-19-38(34)47(40(43)25-35-32-15-4-7-18-37(32)49(39)45(35)44)28-11-9-12-29(24-28)48-36-17-6-3-14-31(36)33-22-23-46-26-41(33)48;1-2-10-28-26(9-1)17-19-37-41(28)43-42-32-13-5-8-16-36(32)48(38(42)23-33-30-12-4-7-15-35(30)49(37)44(33)43)40-20-18-27(24-46-40)47-34-14-6-3-11-29(34)31-21-22-45-25-39(31)47;44-24-25-10-9-12-27(22-25)41-30-15-3-6-17-33(30)45-43(46-41)48-35-19-8-5-16-31(35)39-37(48)23-32-29-14-4-7-18-34(29)47-36-21-20-26-11-1-2-13-28(26)38(36)40(39)42(32)47/h1-26H;1-25H;1-23H. The minimum Gasteiger partial charge on any atom is -0.309 e. The highest BCUT2D eigenvalue weighted by molar-refractivity contribution is 6.43. The van der Waals surface area contributed by atoms with E-state index in [1.807, 2.05) is 73.4 Å². The molecule has 0 atom stereocenters. The maximum Gasteiger partial charge on any atom is 0.235 e. The van der Waals surface area contributed by atoms with Gasteiger partial charge in [-0.15, -0.1) is 0 Å². The first-order valence-electron chi connectivity index (χ1n) is 49.6. The van der Waals surface area contributed by atoms with Crippen LogP contribution in [-0.2, 0) is 0 Å². The molecule has 0 fully saturated rings. The van der Waals surface area contributed by atoms with Crippen molar-refractivity contribution in [3.05, 3.63) is 455 Å². The Balaban J connectivity index is 0.0000000958. The van der Waals surface area contributed by atoms with Crippen molar-refractivity contribution in [2.45, 2.75) is 0 Å². The number of pyridine rings is 3. The molecule has 0 bridgehead atoms. The average Bonchev–Trinajstić information content (AvgIpc) is 1.51. The Hall–Kier alpha value is -20.1. The van der Waals surface area contributed by atoms with Crippen molar-refractivity contribution in [3.63, 3.8) is 0 Å². The van der Waals surface area contributed by atoms with E-state index in [1.54, 1.807) is 0 Å². The van der Waals surface area contributed by atoms with Crippen LogP contribution in [0, 0.1) is 11.3 Å². The van der Waals surface area contributed by atoms with Gasteiger partial charge < -0.3 is 26.9 Å². The van der Waals surface area contributed by atoms with Crippen LogP contribution in [0.25, 0.3) is 307 Å². The van der Waals surface area contributed by atoms with Crippen LogP contribution in [0.4, 0.5) is 0 Å². The number of rotatable bonds is 6. The third kappa shape index (κ3) is 10.6. The largest absolute Gasteiger partial charge is 0.309 e. The van der Waals surface area contributed by atoms with Gasteiger partial charge in [0, 0.05) is 153 Å². The van der Waals surface area contributed by atoms with Crippen LogP contribution in [0.2, 0.25) is 0 Å². The summed E-state index contributed by atoms with van der Waals surface area (Å²) in [6, 6.07) is 153. The Morgan fingerprint density at radius 2 is 0.555 bits per heavy atom. The fraction of sp³-hybridized carbons (Fsp3) is 0. The molecule has 15 heterocycles. The number of hydrogen-bond donors (Lipinski definition) is 0. The molecule has 35 rings (SSSR count). The summed E-state index contributed by atoms with van der Waals surface area (Å²) >= 11 is 0. The molecule has 0 saturated carbocycles. The Bertz CT molecular complexity index is 11900. The van der Waals surface area contributed by atoms with E-state index in [0.717, 1.165) is 89.0 Å². The van der Waals surface area contributed by atoms with E-state index in [-0.39, 0.29) is 0 Å². The minimum atomic E-state index is 0.598. The van der Waals surface area contributed by atoms with Crippen LogP contribution in [0.5, 0.6) is 0 Å². The summed E-state index contributed by atoms with van der Waals surface area (Å²) in [5, 5.41) is 45.8. The lowest BCUT2D eigenvalue weighted by molar-refractivity contribution is 1.01. The molecule has 15 aromatic heterocycles. The minimum absolute atomic E-state index is 0.598. The van der Waals surface area contributed by atoms with E-state index in [4.69, 9.17) is 15.0 Å². The second kappa shape index (κ2) is 29.5. The van der Waals surface area contributed by atoms with E-state index in [2.05, 4.69) is 428 Å². The van der Waals surface area contributed by atoms with E-state index in [1.165, 1.54) is 212 Å². The number of nitriles is 1. The summed E-state index contributed by atoms with van der Waals surface area (Å²) in [5.41, 5.74) is 28.9. The highest BCUT2D eigenvalue weighted by Crippen LogP contribution is 2.54. The molecule has 14 heteroatoms. The van der Waals surface area contributed by atoms with Crippen molar-refractivity contribution >= 4 is 267 Å². The molecular formula is C132H74N14. The third-order valence-electron chi connectivity index (χ3n) is 31.5. The first-order chi connectivity index (χ1) is 72.5. The Morgan fingerprint density at radius 3 is 1.01 bits per heavy atom. The van der Waals surface area contributed by atoms with Gasteiger partial charge >= 0.3 is 0 Å². The van der Waals surface area contributed by atoms with Gasteiger partial charge in [-0.05, 0) is 178 Å². The second-order valence-electron chi connectivity index (χ2n) is 38.8. The van der Waals surface area contributed by atoms with Crippen LogP contribution in [-0.4, -0.2) is 61.0 Å². The van der Waals surface area contributed by atoms with Gasteiger partial charge in [-0.3, -0.25) is 19.1 Å². The zero-order valence-corrected chi connectivity index (χ0v) is 78.0. The second-order valence-corrected chi connectivity index (χ2v) is 38.8. The van der Waals surface area contributed by atoms with Gasteiger partial charge in [-0.2, -0.15) is 5.26 Å². The summed E-state index contributed by atoms with van der Waals surface area (Å²) in [7, 11) is 0. The summed E-state index contributed by atoms with van der Waals surface area (Å²) in [6.45, 7) is 0. The lowest BCUT2D eigenvalue weighted by atomic mass is 9.98. The highest BCUT2D eigenvalue weighted by Gasteiger charge is 2.32. The molecule has 0 aliphatic carbocycles. The van der Waals surface area contributed by atoms with Crippen molar-refractivity contribution in [1.29, 1.82) is 5.26 Å². The molecule has 0 saturated heterocycles. The van der Waals surface area contributed by atoms with E-state index in [9.17, 15) is 5.26 Å². The number of fused-ring (bicyclic) bond motifs is 43. The van der Waals surface area contributed by atoms with Crippen LogP contribution in [0.3, 0.4) is 0 Å². The topological polar surface area (TPSA) is 126 Å². The zero-order valence-electron chi connectivity index (χ0n) is 78.0. The first-order valence-corrected chi connectivity index (χ1v) is 49.6. The zero-order chi connectivity index (χ0) is 95.1. The smallest absolute Gasteiger partial charge is 0.235 e. The summed E-state index contributed by atoms with van der Waals surface area (Å²) < 4.78 is 19.1. The quantitative estimate of drug-likeness (QED) is 0.163. The maximum atomic E-state index is 9.71. The monoisotopic (exact) mass is 1850 g/mol. The Kier molecular flexibility index (Phi) is 15.9. The van der Waals surface area contributed by atoms with Crippen molar-refractivity contribution in [2.24, 2.45) is 0 Å². The fourth-order valence-corrected chi connectivity index (χ4v) is 25.8. The van der Waals surface area contributed by atoms with Crippen LogP contribution >= 0.6 is 0 Å². The molecule has 0 radical (unpaired) electrons. The number of para-hydroxylation sites is 9. The third-order valence-corrected chi connectivity index (χ3v) is 31.5. The Labute approximate surface area is 828 Å². The van der Waals surface area contributed by atoms with Crippen LogP contribution < -0.4 is 0 Å². The molecule has 0 aliphatic rings. The predicted octanol–water partition coefficient (Wildman–Crippen LogP) is 33.1. The van der Waals surface area contributed by atoms with Crippen molar-refractivity contribution < 1.29 is 0 Å².